The predicted octanol–water partition coefficient (Wildman–Crippen LogP) is 4.72. The maximum atomic E-state index is 13.3. The van der Waals surface area contributed by atoms with Crippen LogP contribution in [0.5, 0.6) is 0 Å². The molecule has 3 rings (SSSR count). The Kier molecular flexibility index (Phi) is 7.92. The van der Waals surface area contributed by atoms with E-state index in [0.717, 1.165) is 34.4 Å². The molecule has 1 amide bonds. The standard InChI is InChI=1S/C23H28ClN3O3S2/c1-5-26(6-2)13-14-27(23-25-21-16(3)7-8-17(4)22(21)31-23)20(28)15-32(29,30)19-11-9-18(24)10-12-19/h7-12H,5-6,13-15H2,1-4H3. The smallest absolute Gasteiger partial charge is 0.244 e. The summed E-state index contributed by atoms with van der Waals surface area (Å²) in [6.45, 7) is 10.8. The molecule has 0 saturated carbocycles. The van der Waals surface area contributed by atoms with Gasteiger partial charge < -0.3 is 4.90 Å². The number of nitrogens with zero attached hydrogens (tertiary/aromatic N) is 3. The molecular weight excluding hydrogens is 466 g/mol. The van der Waals surface area contributed by atoms with E-state index < -0.39 is 21.5 Å². The number of hydrogen-bond acceptors (Lipinski definition) is 6. The topological polar surface area (TPSA) is 70.6 Å². The number of fused-ring (bicyclic) bond motifs is 1. The van der Waals surface area contributed by atoms with Crippen molar-refractivity contribution in [1.82, 2.24) is 9.88 Å². The summed E-state index contributed by atoms with van der Waals surface area (Å²) in [5.41, 5.74) is 2.96. The second-order valence-corrected chi connectivity index (χ2v) is 11.1. The lowest BCUT2D eigenvalue weighted by molar-refractivity contribution is -0.116. The van der Waals surface area contributed by atoms with Crippen LogP contribution in [-0.4, -0.2) is 56.1 Å². The Balaban J connectivity index is 1.95. The van der Waals surface area contributed by atoms with Crippen LogP contribution in [-0.2, 0) is 14.6 Å². The summed E-state index contributed by atoms with van der Waals surface area (Å²) in [6, 6.07) is 9.92. The molecule has 0 saturated heterocycles. The van der Waals surface area contributed by atoms with Crippen LogP contribution in [0.2, 0.25) is 5.02 Å². The molecule has 0 aliphatic heterocycles. The van der Waals surface area contributed by atoms with Gasteiger partial charge in [-0.1, -0.05) is 48.9 Å². The first-order valence-corrected chi connectivity index (χ1v) is 13.4. The monoisotopic (exact) mass is 493 g/mol. The fraction of sp³-hybridized carbons (Fsp3) is 0.391. The van der Waals surface area contributed by atoms with Gasteiger partial charge in [0.2, 0.25) is 5.91 Å². The van der Waals surface area contributed by atoms with E-state index in [-0.39, 0.29) is 4.90 Å². The zero-order valence-corrected chi connectivity index (χ0v) is 21.1. The highest BCUT2D eigenvalue weighted by Gasteiger charge is 2.27. The largest absolute Gasteiger partial charge is 0.302 e. The van der Waals surface area contributed by atoms with Gasteiger partial charge in [0.15, 0.2) is 15.0 Å². The molecule has 0 fully saturated rings. The van der Waals surface area contributed by atoms with E-state index in [9.17, 15) is 13.2 Å². The molecule has 0 bridgehead atoms. The average Bonchev–Trinajstić information content (AvgIpc) is 3.20. The van der Waals surface area contributed by atoms with Gasteiger partial charge in [0, 0.05) is 18.1 Å². The zero-order valence-electron chi connectivity index (χ0n) is 18.8. The minimum Gasteiger partial charge on any atom is -0.302 e. The molecule has 0 spiro atoms. The van der Waals surface area contributed by atoms with Gasteiger partial charge in [0.1, 0.15) is 5.75 Å². The number of amides is 1. The molecule has 2 aromatic carbocycles. The van der Waals surface area contributed by atoms with Gasteiger partial charge in [0.25, 0.3) is 0 Å². The summed E-state index contributed by atoms with van der Waals surface area (Å²) in [7, 11) is -3.81. The van der Waals surface area contributed by atoms with Gasteiger partial charge in [-0.25, -0.2) is 13.4 Å². The van der Waals surface area contributed by atoms with Crippen molar-refractivity contribution in [3.8, 4) is 0 Å². The van der Waals surface area contributed by atoms with Crippen LogP contribution in [0.4, 0.5) is 5.13 Å². The van der Waals surface area contributed by atoms with Crippen LogP contribution >= 0.6 is 22.9 Å². The Morgan fingerprint density at radius 3 is 2.22 bits per heavy atom. The number of hydrogen-bond donors (Lipinski definition) is 0. The average molecular weight is 494 g/mol. The normalized spacial score (nSPS) is 11.9. The lowest BCUT2D eigenvalue weighted by atomic mass is 10.1. The van der Waals surface area contributed by atoms with E-state index in [1.807, 2.05) is 26.0 Å². The van der Waals surface area contributed by atoms with Crippen molar-refractivity contribution in [2.45, 2.75) is 32.6 Å². The highest BCUT2D eigenvalue weighted by atomic mass is 35.5. The Morgan fingerprint density at radius 2 is 1.62 bits per heavy atom. The molecule has 0 N–H and O–H groups in total. The number of aryl methyl sites for hydroxylation is 2. The lowest BCUT2D eigenvalue weighted by Crippen LogP contribution is -2.41. The fourth-order valence-corrected chi connectivity index (χ4v) is 5.92. The second kappa shape index (κ2) is 10.3. The van der Waals surface area contributed by atoms with Gasteiger partial charge >= 0.3 is 0 Å². The summed E-state index contributed by atoms with van der Waals surface area (Å²) >= 11 is 7.31. The van der Waals surface area contributed by atoms with Crippen molar-refractivity contribution in [1.29, 1.82) is 0 Å². The first-order valence-electron chi connectivity index (χ1n) is 10.5. The number of carbonyl (C=O) groups excluding carboxylic acids is 1. The van der Waals surface area contributed by atoms with E-state index in [1.165, 1.54) is 40.5 Å². The number of likely N-dealkylation sites (N-methyl/N-ethyl adjacent to an activating group) is 1. The Hall–Kier alpha value is -2.00. The molecule has 1 heterocycles. The van der Waals surface area contributed by atoms with Crippen LogP contribution in [0.25, 0.3) is 10.2 Å². The van der Waals surface area contributed by atoms with E-state index in [4.69, 9.17) is 16.6 Å². The summed E-state index contributed by atoms with van der Waals surface area (Å²) in [5, 5.41) is 0.970. The fourth-order valence-electron chi connectivity index (χ4n) is 3.44. The van der Waals surface area contributed by atoms with Crippen molar-refractivity contribution in [3.05, 3.63) is 52.5 Å². The van der Waals surface area contributed by atoms with Crippen molar-refractivity contribution in [2.75, 3.05) is 36.8 Å². The van der Waals surface area contributed by atoms with Gasteiger partial charge in [0.05, 0.1) is 15.1 Å². The van der Waals surface area contributed by atoms with Crippen LogP contribution in [0.15, 0.2) is 41.3 Å². The van der Waals surface area contributed by atoms with Crippen LogP contribution < -0.4 is 4.90 Å². The van der Waals surface area contributed by atoms with Crippen molar-refractivity contribution < 1.29 is 13.2 Å². The Labute approximate surface area is 198 Å². The first-order chi connectivity index (χ1) is 15.2. The minimum atomic E-state index is -3.81. The van der Waals surface area contributed by atoms with Crippen LogP contribution in [0, 0.1) is 13.8 Å². The van der Waals surface area contributed by atoms with Crippen molar-refractivity contribution in [2.24, 2.45) is 0 Å². The van der Waals surface area contributed by atoms with Gasteiger partial charge in [-0.3, -0.25) is 9.69 Å². The van der Waals surface area contributed by atoms with Crippen molar-refractivity contribution in [3.63, 3.8) is 0 Å². The van der Waals surface area contributed by atoms with E-state index in [1.54, 1.807) is 0 Å². The number of sulfone groups is 1. The third-order valence-corrected chi connectivity index (χ3v) is 8.57. The second-order valence-electron chi connectivity index (χ2n) is 7.66. The van der Waals surface area contributed by atoms with E-state index in [0.29, 0.717) is 23.2 Å². The number of halogens is 1. The van der Waals surface area contributed by atoms with Gasteiger partial charge in [-0.05, 0) is 62.3 Å². The lowest BCUT2D eigenvalue weighted by Gasteiger charge is -2.24. The van der Waals surface area contributed by atoms with Crippen LogP contribution in [0.1, 0.15) is 25.0 Å². The molecule has 3 aromatic rings. The highest BCUT2D eigenvalue weighted by Crippen LogP contribution is 2.33. The van der Waals surface area contributed by atoms with Crippen LogP contribution in [0.3, 0.4) is 0 Å². The Bertz CT molecular complexity index is 1160. The Morgan fingerprint density at radius 1 is 1.00 bits per heavy atom. The molecule has 9 heteroatoms. The number of anilines is 1. The predicted molar refractivity (Wildman–Crippen MR) is 133 cm³/mol. The number of aromatic nitrogens is 1. The zero-order chi connectivity index (χ0) is 23.5. The molecule has 0 aliphatic carbocycles. The summed E-state index contributed by atoms with van der Waals surface area (Å²) in [5.74, 6) is -1.11. The molecule has 6 nitrogen and oxygen atoms in total. The molecule has 172 valence electrons. The van der Waals surface area contributed by atoms with Gasteiger partial charge in [-0.15, -0.1) is 0 Å². The third kappa shape index (κ3) is 5.49. The van der Waals surface area contributed by atoms with Gasteiger partial charge in [-0.2, -0.15) is 0 Å². The third-order valence-electron chi connectivity index (χ3n) is 5.48. The number of thiazole rings is 1. The molecule has 0 radical (unpaired) electrons. The van der Waals surface area contributed by atoms with Crippen molar-refractivity contribution >= 4 is 54.0 Å². The summed E-state index contributed by atoms with van der Waals surface area (Å²) in [6.07, 6.45) is 0. The molecule has 0 unspecified atom stereocenters. The quantitative estimate of drug-likeness (QED) is 0.431. The van der Waals surface area contributed by atoms with E-state index in [2.05, 4.69) is 18.7 Å². The molecule has 0 atom stereocenters. The highest BCUT2D eigenvalue weighted by molar-refractivity contribution is 7.92. The molecular formula is C23H28ClN3O3S2. The first kappa shape index (κ1) is 24.6. The maximum absolute atomic E-state index is 13.3. The maximum Gasteiger partial charge on any atom is 0.244 e. The molecule has 32 heavy (non-hydrogen) atoms. The minimum absolute atomic E-state index is 0.0786. The number of rotatable bonds is 9. The number of benzene rings is 2. The molecule has 0 aliphatic rings. The molecule has 1 aromatic heterocycles. The SMILES string of the molecule is CCN(CC)CCN(C(=O)CS(=O)(=O)c1ccc(Cl)cc1)c1nc2c(C)ccc(C)c2s1. The summed E-state index contributed by atoms with van der Waals surface area (Å²) in [4.78, 5) is 21.8. The summed E-state index contributed by atoms with van der Waals surface area (Å²) < 4.78 is 26.8. The number of carbonyl (C=O) groups is 1. The van der Waals surface area contributed by atoms with E-state index >= 15 is 0 Å².